The molecule has 1 aliphatic carbocycles. The fraction of sp³-hybridized carbons (Fsp3) is 0.636. The van der Waals surface area contributed by atoms with Crippen molar-refractivity contribution in [3.63, 3.8) is 0 Å². The first-order valence-electron chi connectivity index (χ1n) is 5.82. The summed E-state index contributed by atoms with van der Waals surface area (Å²) in [7, 11) is -1.45. The van der Waals surface area contributed by atoms with Crippen LogP contribution in [-0.2, 0) is 16.6 Å². The van der Waals surface area contributed by atoms with E-state index in [1.54, 1.807) is 6.07 Å². The highest BCUT2D eigenvalue weighted by atomic mass is 32.2. The summed E-state index contributed by atoms with van der Waals surface area (Å²) in [6.45, 7) is 2.80. The molecule has 17 heavy (non-hydrogen) atoms. The summed E-state index contributed by atoms with van der Waals surface area (Å²) < 4.78 is 27.3. The average molecular weight is 274 g/mol. The third-order valence-electron chi connectivity index (χ3n) is 3.01. The van der Waals surface area contributed by atoms with E-state index < -0.39 is 10.0 Å². The molecule has 0 amide bonds. The minimum Gasteiger partial charge on any atom is -0.315 e. The fourth-order valence-corrected chi connectivity index (χ4v) is 4.57. The van der Waals surface area contributed by atoms with Crippen molar-refractivity contribution in [2.45, 2.75) is 36.6 Å². The highest BCUT2D eigenvalue weighted by Gasteiger charge is 2.38. The lowest BCUT2D eigenvalue weighted by molar-refractivity contribution is 0.578. The largest absolute Gasteiger partial charge is 0.315 e. The Hall–Kier alpha value is -0.430. The van der Waals surface area contributed by atoms with Crippen LogP contribution in [0.5, 0.6) is 0 Å². The van der Waals surface area contributed by atoms with Gasteiger partial charge in [0.15, 0.2) is 0 Å². The molecule has 1 heterocycles. The van der Waals surface area contributed by atoms with Crippen molar-refractivity contribution in [2.24, 2.45) is 5.92 Å². The molecule has 6 heteroatoms. The van der Waals surface area contributed by atoms with Crippen LogP contribution in [0.25, 0.3) is 0 Å². The van der Waals surface area contributed by atoms with Crippen molar-refractivity contribution in [3.05, 3.63) is 17.0 Å². The first-order chi connectivity index (χ1) is 8.06. The second-order valence-electron chi connectivity index (χ2n) is 4.38. The number of rotatable bonds is 6. The second kappa shape index (κ2) is 5.06. The van der Waals surface area contributed by atoms with E-state index in [1.165, 1.54) is 11.3 Å². The Kier molecular flexibility index (Phi) is 3.87. The van der Waals surface area contributed by atoms with E-state index in [1.807, 2.05) is 13.1 Å². The van der Waals surface area contributed by atoms with Crippen LogP contribution in [-0.4, -0.2) is 21.5 Å². The topological polar surface area (TPSA) is 58.2 Å². The second-order valence-corrected chi connectivity index (χ2v) is 7.49. The third-order valence-corrected chi connectivity index (χ3v) is 6.07. The van der Waals surface area contributed by atoms with E-state index in [9.17, 15) is 8.42 Å². The molecule has 96 valence electrons. The molecule has 1 fully saturated rings. The van der Waals surface area contributed by atoms with Gasteiger partial charge < -0.3 is 5.32 Å². The maximum absolute atomic E-state index is 12.0. The molecule has 4 nitrogen and oxygen atoms in total. The number of thiophene rings is 1. The Morgan fingerprint density at radius 3 is 2.82 bits per heavy atom. The highest BCUT2D eigenvalue weighted by Crippen LogP contribution is 2.35. The number of sulfonamides is 1. The molecule has 2 unspecified atom stereocenters. The van der Waals surface area contributed by atoms with Crippen LogP contribution in [0.15, 0.2) is 16.3 Å². The van der Waals surface area contributed by atoms with E-state index in [2.05, 4.69) is 17.0 Å². The van der Waals surface area contributed by atoms with Crippen molar-refractivity contribution < 1.29 is 8.42 Å². The summed E-state index contributed by atoms with van der Waals surface area (Å²) in [6, 6.07) is 3.70. The van der Waals surface area contributed by atoms with Gasteiger partial charge in [-0.15, -0.1) is 11.3 Å². The molecule has 2 rings (SSSR count). The molecule has 0 radical (unpaired) electrons. The molecule has 0 aliphatic heterocycles. The van der Waals surface area contributed by atoms with Gasteiger partial charge in [-0.25, -0.2) is 13.1 Å². The van der Waals surface area contributed by atoms with Gasteiger partial charge in [0.2, 0.25) is 10.0 Å². The Morgan fingerprint density at radius 1 is 1.47 bits per heavy atom. The highest BCUT2D eigenvalue weighted by molar-refractivity contribution is 7.91. The lowest BCUT2D eigenvalue weighted by Crippen LogP contribution is -2.26. The molecule has 0 spiro atoms. The summed E-state index contributed by atoms with van der Waals surface area (Å²) in [6.07, 6.45) is 2.02. The van der Waals surface area contributed by atoms with Gasteiger partial charge in [0, 0.05) is 17.5 Å². The van der Waals surface area contributed by atoms with Crippen LogP contribution in [0.1, 0.15) is 24.6 Å². The van der Waals surface area contributed by atoms with E-state index in [4.69, 9.17) is 0 Å². The molecule has 0 bridgehead atoms. The summed E-state index contributed by atoms with van der Waals surface area (Å²) in [4.78, 5) is 1.04. The van der Waals surface area contributed by atoms with Gasteiger partial charge in [-0.05, 0) is 31.5 Å². The molecule has 2 atom stereocenters. The molecule has 1 aromatic heterocycles. The molecule has 1 saturated carbocycles. The molecule has 1 aliphatic rings. The van der Waals surface area contributed by atoms with Crippen molar-refractivity contribution in [3.8, 4) is 0 Å². The third kappa shape index (κ3) is 3.07. The predicted molar refractivity (Wildman–Crippen MR) is 69.6 cm³/mol. The molecular formula is C11H18N2O2S2. The van der Waals surface area contributed by atoms with E-state index in [0.717, 1.165) is 17.7 Å². The fourth-order valence-electron chi connectivity index (χ4n) is 1.87. The van der Waals surface area contributed by atoms with Crippen molar-refractivity contribution in [1.29, 1.82) is 0 Å². The first kappa shape index (κ1) is 13.0. The van der Waals surface area contributed by atoms with Gasteiger partial charge in [-0.3, -0.25) is 0 Å². The zero-order valence-electron chi connectivity index (χ0n) is 10.1. The average Bonchev–Trinajstić information content (AvgIpc) is 2.82. The Morgan fingerprint density at radius 2 is 2.24 bits per heavy atom. The SMILES string of the molecule is CCC1CC1NS(=O)(=O)c1ccc(CNC)s1. The van der Waals surface area contributed by atoms with Gasteiger partial charge in [0.1, 0.15) is 4.21 Å². The van der Waals surface area contributed by atoms with E-state index in [0.29, 0.717) is 16.7 Å². The first-order valence-corrected chi connectivity index (χ1v) is 8.12. The number of hydrogen-bond donors (Lipinski definition) is 2. The van der Waals surface area contributed by atoms with Crippen LogP contribution >= 0.6 is 11.3 Å². The Labute approximate surface area is 106 Å². The monoisotopic (exact) mass is 274 g/mol. The molecule has 2 N–H and O–H groups in total. The van der Waals surface area contributed by atoms with Gasteiger partial charge in [0.25, 0.3) is 0 Å². The standard InChI is InChI=1S/C11H18N2O2S2/c1-3-8-6-10(8)13-17(14,15)11-5-4-9(16-11)7-12-2/h4-5,8,10,12-13H,3,6-7H2,1-2H3. The Balaban J connectivity index is 2.04. The summed E-state index contributed by atoms with van der Waals surface area (Å²) in [5, 5.41) is 3.01. The minimum absolute atomic E-state index is 0.153. The molecule has 0 saturated heterocycles. The van der Waals surface area contributed by atoms with Crippen molar-refractivity contribution in [2.75, 3.05) is 7.05 Å². The van der Waals surface area contributed by atoms with Crippen LogP contribution in [0.4, 0.5) is 0 Å². The van der Waals surface area contributed by atoms with Crippen LogP contribution in [0.3, 0.4) is 0 Å². The summed E-state index contributed by atoms with van der Waals surface area (Å²) >= 11 is 1.33. The Bertz CT molecular complexity index is 481. The van der Waals surface area contributed by atoms with Crippen LogP contribution in [0.2, 0.25) is 0 Å². The lowest BCUT2D eigenvalue weighted by atomic mass is 10.3. The van der Waals surface area contributed by atoms with Gasteiger partial charge in [-0.2, -0.15) is 0 Å². The van der Waals surface area contributed by atoms with E-state index in [-0.39, 0.29) is 6.04 Å². The van der Waals surface area contributed by atoms with Crippen LogP contribution < -0.4 is 10.0 Å². The van der Waals surface area contributed by atoms with E-state index >= 15 is 0 Å². The van der Waals surface area contributed by atoms with Gasteiger partial charge in [-0.1, -0.05) is 13.3 Å². The quantitative estimate of drug-likeness (QED) is 0.827. The van der Waals surface area contributed by atoms with Crippen molar-refractivity contribution in [1.82, 2.24) is 10.0 Å². The summed E-state index contributed by atoms with van der Waals surface area (Å²) in [5.41, 5.74) is 0. The van der Waals surface area contributed by atoms with Crippen LogP contribution in [0, 0.1) is 5.92 Å². The number of nitrogens with one attached hydrogen (secondary N) is 2. The molecule has 1 aromatic rings. The lowest BCUT2D eigenvalue weighted by Gasteiger charge is -2.03. The molecular weight excluding hydrogens is 256 g/mol. The number of hydrogen-bond acceptors (Lipinski definition) is 4. The smallest absolute Gasteiger partial charge is 0.250 e. The minimum atomic E-state index is -3.30. The zero-order valence-corrected chi connectivity index (χ0v) is 11.7. The maximum Gasteiger partial charge on any atom is 0.250 e. The zero-order chi connectivity index (χ0) is 12.5. The van der Waals surface area contributed by atoms with Crippen molar-refractivity contribution >= 4 is 21.4 Å². The predicted octanol–water partition coefficient (Wildman–Crippen LogP) is 1.54. The summed E-state index contributed by atoms with van der Waals surface area (Å²) in [5.74, 6) is 0.529. The maximum atomic E-state index is 12.0. The normalized spacial score (nSPS) is 23.9. The van der Waals surface area contributed by atoms with Gasteiger partial charge in [0.05, 0.1) is 0 Å². The van der Waals surface area contributed by atoms with Gasteiger partial charge >= 0.3 is 0 Å². The molecule has 0 aromatic carbocycles.